The highest BCUT2D eigenvalue weighted by atomic mass is 79.9. The number of rotatable bonds is 10. The highest BCUT2D eigenvalue weighted by molar-refractivity contribution is 9.10. The van der Waals surface area contributed by atoms with Crippen LogP contribution in [0.15, 0.2) is 28.7 Å². The maximum absolute atomic E-state index is 12.3. The van der Waals surface area contributed by atoms with E-state index >= 15 is 0 Å². The fourth-order valence-corrected chi connectivity index (χ4v) is 3.12. The molecule has 0 radical (unpaired) electrons. The second kappa shape index (κ2) is 10.5. The first kappa shape index (κ1) is 19.8. The smallest absolute Gasteiger partial charge is 0.271 e. The monoisotopic (exact) mass is 426 g/mol. The van der Waals surface area contributed by atoms with Gasteiger partial charge in [-0.15, -0.1) is 0 Å². The molecule has 0 unspecified atom stereocenters. The summed E-state index contributed by atoms with van der Waals surface area (Å²) in [5.41, 5.74) is 1.63. The molecular formula is C18H24BrClN4O. The zero-order valence-corrected chi connectivity index (χ0v) is 16.7. The lowest BCUT2D eigenvalue weighted by Gasteiger charge is -2.07. The molecule has 7 heteroatoms. The Hall–Kier alpha value is -1.53. The Balaban J connectivity index is 1.80. The Morgan fingerprint density at radius 3 is 2.88 bits per heavy atom. The number of aromatic nitrogens is 2. The number of halogens is 2. The number of carbonyl (C=O) groups is 1. The molecule has 3 N–H and O–H groups in total. The first-order valence-electron chi connectivity index (χ1n) is 8.62. The van der Waals surface area contributed by atoms with Gasteiger partial charge in [-0.1, -0.05) is 47.8 Å². The normalized spacial score (nSPS) is 10.7. The van der Waals surface area contributed by atoms with Gasteiger partial charge in [-0.05, 0) is 48.6 Å². The number of anilines is 1. The topological polar surface area (TPSA) is 69.8 Å². The van der Waals surface area contributed by atoms with E-state index in [4.69, 9.17) is 11.6 Å². The average molecular weight is 428 g/mol. The molecule has 1 aromatic carbocycles. The third-order valence-corrected chi connectivity index (χ3v) is 4.46. The number of aryl methyl sites for hydroxylation is 1. The minimum Gasteiger partial charge on any atom is -0.368 e. The van der Waals surface area contributed by atoms with E-state index in [0.717, 1.165) is 43.1 Å². The SMILES string of the molecule is CCCCCNc1nc(Cl)[nH]c1C(=O)NCCCc1cccc(Br)c1. The Morgan fingerprint density at radius 2 is 2.12 bits per heavy atom. The minimum absolute atomic E-state index is 0.188. The van der Waals surface area contributed by atoms with E-state index in [-0.39, 0.29) is 11.2 Å². The number of nitrogens with zero attached hydrogens (tertiary/aromatic N) is 1. The molecule has 0 bridgehead atoms. The van der Waals surface area contributed by atoms with Gasteiger partial charge in [0.2, 0.25) is 5.28 Å². The lowest BCUT2D eigenvalue weighted by Crippen LogP contribution is -2.26. The van der Waals surface area contributed by atoms with Crippen LogP contribution in [-0.2, 0) is 6.42 Å². The van der Waals surface area contributed by atoms with Crippen molar-refractivity contribution in [3.8, 4) is 0 Å². The number of unbranched alkanes of at least 4 members (excludes halogenated alkanes) is 2. The van der Waals surface area contributed by atoms with Crippen LogP contribution in [0.2, 0.25) is 5.28 Å². The summed E-state index contributed by atoms with van der Waals surface area (Å²) in [6.07, 6.45) is 5.10. The Bertz CT molecular complexity index is 689. The van der Waals surface area contributed by atoms with E-state index in [0.29, 0.717) is 18.1 Å². The standard InChI is InChI=1S/C18H24BrClN4O/c1-2-3-4-10-21-16-15(23-18(20)24-16)17(25)22-11-6-8-13-7-5-9-14(19)12-13/h5,7,9,12,21H,2-4,6,8,10-11H2,1H3,(H,22,25)(H,23,24). The van der Waals surface area contributed by atoms with E-state index in [1.54, 1.807) is 0 Å². The van der Waals surface area contributed by atoms with Crippen molar-refractivity contribution in [1.82, 2.24) is 15.3 Å². The minimum atomic E-state index is -0.188. The first-order chi connectivity index (χ1) is 12.1. The summed E-state index contributed by atoms with van der Waals surface area (Å²) in [7, 11) is 0. The number of hydrogen-bond acceptors (Lipinski definition) is 3. The number of hydrogen-bond donors (Lipinski definition) is 3. The lowest BCUT2D eigenvalue weighted by atomic mass is 10.1. The lowest BCUT2D eigenvalue weighted by molar-refractivity contribution is 0.0949. The molecule has 2 aromatic rings. The molecule has 0 atom stereocenters. The van der Waals surface area contributed by atoms with Crippen LogP contribution in [0.25, 0.3) is 0 Å². The number of aromatic amines is 1. The maximum Gasteiger partial charge on any atom is 0.271 e. The van der Waals surface area contributed by atoms with Crippen LogP contribution >= 0.6 is 27.5 Å². The third kappa shape index (κ3) is 6.71. The number of H-pyrrole nitrogens is 1. The van der Waals surface area contributed by atoms with Gasteiger partial charge in [0.25, 0.3) is 5.91 Å². The van der Waals surface area contributed by atoms with E-state index < -0.39 is 0 Å². The van der Waals surface area contributed by atoms with Crippen molar-refractivity contribution in [1.29, 1.82) is 0 Å². The van der Waals surface area contributed by atoms with Crippen LogP contribution in [0.4, 0.5) is 5.82 Å². The molecule has 1 aromatic heterocycles. The molecule has 0 aliphatic heterocycles. The highest BCUT2D eigenvalue weighted by Crippen LogP contribution is 2.16. The molecule has 5 nitrogen and oxygen atoms in total. The quantitative estimate of drug-likeness (QED) is 0.477. The average Bonchev–Trinajstić information content (AvgIpc) is 2.96. The van der Waals surface area contributed by atoms with E-state index in [1.165, 1.54) is 5.56 Å². The number of amides is 1. The van der Waals surface area contributed by atoms with Gasteiger partial charge in [0.05, 0.1) is 0 Å². The third-order valence-electron chi connectivity index (χ3n) is 3.79. The summed E-state index contributed by atoms with van der Waals surface area (Å²) in [5, 5.41) is 6.32. The van der Waals surface area contributed by atoms with Crippen LogP contribution in [0, 0.1) is 0 Å². The highest BCUT2D eigenvalue weighted by Gasteiger charge is 2.16. The first-order valence-corrected chi connectivity index (χ1v) is 9.79. The molecule has 0 fully saturated rings. The molecule has 25 heavy (non-hydrogen) atoms. The summed E-state index contributed by atoms with van der Waals surface area (Å²) in [6.45, 7) is 3.52. The second-order valence-corrected chi connectivity index (χ2v) is 7.15. The van der Waals surface area contributed by atoms with Gasteiger partial charge >= 0.3 is 0 Å². The van der Waals surface area contributed by atoms with Crippen molar-refractivity contribution in [3.05, 3.63) is 45.3 Å². The summed E-state index contributed by atoms with van der Waals surface area (Å²) in [4.78, 5) is 19.3. The van der Waals surface area contributed by atoms with Crippen molar-refractivity contribution < 1.29 is 4.79 Å². The number of imidazole rings is 1. The molecule has 136 valence electrons. The van der Waals surface area contributed by atoms with Crippen molar-refractivity contribution in [2.45, 2.75) is 39.0 Å². The van der Waals surface area contributed by atoms with E-state index in [2.05, 4.69) is 55.6 Å². The van der Waals surface area contributed by atoms with Crippen LogP contribution in [0.1, 0.15) is 48.7 Å². The van der Waals surface area contributed by atoms with Gasteiger partial charge in [-0.25, -0.2) is 4.98 Å². The Labute approximate surface area is 162 Å². The molecule has 1 heterocycles. The molecular weight excluding hydrogens is 404 g/mol. The Kier molecular flexibility index (Phi) is 8.28. The summed E-state index contributed by atoms with van der Waals surface area (Å²) >= 11 is 9.38. The molecule has 0 saturated carbocycles. The van der Waals surface area contributed by atoms with Crippen molar-refractivity contribution >= 4 is 39.3 Å². The molecule has 0 spiro atoms. The second-order valence-electron chi connectivity index (χ2n) is 5.87. The maximum atomic E-state index is 12.3. The van der Waals surface area contributed by atoms with Crippen molar-refractivity contribution in [2.75, 3.05) is 18.4 Å². The Morgan fingerprint density at radius 1 is 1.28 bits per heavy atom. The summed E-state index contributed by atoms with van der Waals surface area (Å²) in [5.74, 6) is 0.331. The van der Waals surface area contributed by atoms with E-state index in [1.807, 2.05) is 12.1 Å². The zero-order valence-electron chi connectivity index (χ0n) is 14.4. The zero-order chi connectivity index (χ0) is 18.1. The van der Waals surface area contributed by atoms with Crippen molar-refractivity contribution in [3.63, 3.8) is 0 Å². The summed E-state index contributed by atoms with van der Waals surface area (Å²) < 4.78 is 1.07. The van der Waals surface area contributed by atoms with Gasteiger partial charge in [0.1, 0.15) is 5.69 Å². The van der Waals surface area contributed by atoms with Gasteiger partial charge in [0, 0.05) is 17.6 Å². The van der Waals surface area contributed by atoms with Gasteiger partial charge in [0.15, 0.2) is 5.82 Å². The molecule has 0 aliphatic rings. The van der Waals surface area contributed by atoms with Gasteiger partial charge < -0.3 is 15.6 Å². The number of carbonyl (C=O) groups excluding carboxylic acids is 1. The number of nitrogens with one attached hydrogen (secondary N) is 3. The van der Waals surface area contributed by atoms with Crippen LogP contribution in [0.5, 0.6) is 0 Å². The molecule has 0 aliphatic carbocycles. The van der Waals surface area contributed by atoms with Crippen molar-refractivity contribution in [2.24, 2.45) is 0 Å². The van der Waals surface area contributed by atoms with Gasteiger partial charge in [-0.3, -0.25) is 4.79 Å². The molecule has 1 amide bonds. The van der Waals surface area contributed by atoms with Crippen LogP contribution in [-0.4, -0.2) is 29.0 Å². The fraction of sp³-hybridized carbons (Fsp3) is 0.444. The van der Waals surface area contributed by atoms with E-state index in [9.17, 15) is 4.79 Å². The van der Waals surface area contributed by atoms with Crippen LogP contribution < -0.4 is 10.6 Å². The number of benzene rings is 1. The molecule has 0 saturated heterocycles. The largest absolute Gasteiger partial charge is 0.368 e. The van der Waals surface area contributed by atoms with Gasteiger partial charge in [-0.2, -0.15) is 0 Å². The predicted molar refractivity (Wildman–Crippen MR) is 106 cm³/mol. The molecule has 2 rings (SSSR count). The predicted octanol–water partition coefficient (Wildman–Crippen LogP) is 4.79. The summed E-state index contributed by atoms with van der Waals surface area (Å²) in [6, 6.07) is 8.19. The fourth-order valence-electron chi connectivity index (χ4n) is 2.49. The van der Waals surface area contributed by atoms with Crippen LogP contribution in [0.3, 0.4) is 0 Å².